The van der Waals surface area contributed by atoms with Crippen molar-refractivity contribution in [3.8, 4) is 0 Å². The van der Waals surface area contributed by atoms with Crippen LogP contribution in [-0.2, 0) is 20.7 Å². The lowest BCUT2D eigenvalue weighted by molar-refractivity contribution is -0.143. The standard InChI is InChI=1S/C23H32ClNO4/c1-2-29-23(28)10-5-3-4-6-15-25-20(12-14-22(25)27)11-13-21(26)17-18-8-7-9-19(24)16-18/h7-9,11,13,16,20-21,26H,2-6,10,12,14-15,17H2,1H3/t20-,21+/m0/s1. The summed E-state index contributed by atoms with van der Waals surface area (Å²) in [5.74, 6) is 0.0410. The molecule has 0 radical (unpaired) electrons. The van der Waals surface area contributed by atoms with Crippen molar-refractivity contribution in [2.45, 2.75) is 70.4 Å². The van der Waals surface area contributed by atoms with Crippen molar-refractivity contribution in [3.05, 3.63) is 47.0 Å². The molecule has 1 aromatic rings. The fourth-order valence-corrected chi connectivity index (χ4v) is 3.83. The summed E-state index contributed by atoms with van der Waals surface area (Å²) < 4.78 is 4.92. The van der Waals surface area contributed by atoms with E-state index in [0.29, 0.717) is 30.9 Å². The van der Waals surface area contributed by atoms with Gasteiger partial charge in [0.2, 0.25) is 5.91 Å². The zero-order chi connectivity index (χ0) is 21.1. The Labute approximate surface area is 178 Å². The van der Waals surface area contributed by atoms with Gasteiger partial charge in [0.25, 0.3) is 0 Å². The van der Waals surface area contributed by atoms with E-state index in [1.165, 1.54) is 0 Å². The number of halogens is 1. The Kier molecular flexibility index (Phi) is 10.2. The van der Waals surface area contributed by atoms with Crippen LogP contribution < -0.4 is 0 Å². The predicted molar refractivity (Wildman–Crippen MR) is 115 cm³/mol. The van der Waals surface area contributed by atoms with Crippen LogP contribution in [-0.4, -0.2) is 47.2 Å². The number of esters is 1. The molecule has 2 rings (SSSR count). The van der Waals surface area contributed by atoms with E-state index in [2.05, 4.69) is 0 Å². The second-order valence-electron chi connectivity index (χ2n) is 7.45. The molecule has 0 aromatic heterocycles. The van der Waals surface area contributed by atoms with Gasteiger partial charge in [-0.2, -0.15) is 0 Å². The summed E-state index contributed by atoms with van der Waals surface area (Å²) in [4.78, 5) is 25.4. The van der Waals surface area contributed by atoms with E-state index in [1.807, 2.05) is 42.2 Å². The molecule has 1 fully saturated rings. The van der Waals surface area contributed by atoms with Crippen LogP contribution in [0.5, 0.6) is 0 Å². The quantitative estimate of drug-likeness (QED) is 0.310. The molecule has 1 aliphatic rings. The highest BCUT2D eigenvalue weighted by atomic mass is 35.5. The van der Waals surface area contributed by atoms with E-state index in [9.17, 15) is 14.7 Å². The number of hydrogen-bond donors (Lipinski definition) is 1. The molecule has 1 aromatic carbocycles. The van der Waals surface area contributed by atoms with Crippen molar-refractivity contribution < 1.29 is 19.4 Å². The first-order chi connectivity index (χ1) is 14.0. The Balaban J connectivity index is 1.72. The number of aliphatic hydroxyl groups is 1. The number of hydrogen-bond acceptors (Lipinski definition) is 4. The maximum absolute atomic E-state index is 12.2. The third-order valence-electron chi connectivity index (χ3n) is 5.10. The van der Waals surface area contributed by atoms with Gasteiger partial charge in [-0.3, -0.25) is 9.59 Å². The van der Waals surface area contributed by atoms with Crippen LogP contribution in [0.15, 0.2) is 36.4 Å². The maximum atomic E-state index is 12.2. The number of likely N-dealkylation sites (tertiary alicyclic amines) is 1. The highest BCUT2D eigenvalue weighted by Gasteiger charge is 2.28. The summed E-state index contributed by atoms with van der Waals surface area (Å²) in [6.45, 7) is 2.96. The third-order valence-corrected chi connectivity index (χ3v) is 5.33. The van der Waals surface area contributed by atoms with Gasteiger partial charge in [-0.05, 0) is 43.9 Å². The Bertz CT molecular complexity index is 691. The van der Waals surface area contributed by atoms with Crippen molar-refractivity contribution in [3.63, 3.8) is 0 Å². The fraction of sp³-hybridized carbons (Fsp3) is 0.565. The number of carbonyl (C=O) groups excluding carboxylic acids is 2. The first-order valence-corrected chi connectivity index (χ1v) is 10.9. The van der Waals surface area contributed by atoms with Crippen LogP contribution >= 0.6 is 11.6 Å². The van der Waals surface area contributed by atoms with E-state index in [0.717, 1.165) is 44.2 Å². The summed E-state index contributed by atoms with van der Waals surface area (Å²) in [7, 11) is 0. The SMILES string of the molecule is CCOC(=O)CCCCCCN1C(=O)CC[C@@H]1C=C[C@@H](O)Cc1cccc(Cl)c1. The first-order valence-electron chi connectivity index (χ1n) is 10.6. The lowest BCUT2D eigenvalue weighted by Crippen LogP contribution is -2.32. The highest BCUT2D eigenvalue weighted by Crippen LogP contribution is 2.21. The van der Waals surface area contributed by atoms with Crippen molar-refractivity contribution in [1.82, 2.24) is 4.90 Å². The molecule has 1 saturated heterocycles. The summed E-state index contributed by atoms with van der Waals surface area (Å²) in [6, 6.07) is 7.53. The van der Waals surface area contributed by atoms with Crippen molar-refractivity contribution in [2.75, 3.05) is 13.2 Å². The molecule has 0 saturated carbocycles. The number of nitrogens with zero attached hydrogens (tertiary/aromatic N) is 1. The Morgan fingerprint density at radius 1 is 1.34 bits per heavy atom. The van der Waals surface area contributed by atoms with Crippen LogP contribution in [0.1, 0.15) is 57.4 Å². The molecule has 0 spiro atoms. The Hall–Kier alpha value is -1.85. The van der Waals surface area contributed by atoms with E-state index in [4.69, 9.17) is 16.3 Å². The molecule has 160 valence electrons. The second-order valence-corrected chi connectivity index (χ2v) is 7.89. The van der Waals surface area contributed by atoms with E-state index >= 15 is 0 Å². The number of benzene rings is 1. The molecule has 0 aliphatic carbocycles. The summed E-state index contributed by atoms with van der Waals surface area (Å²) >= 11 is 5.99. The van der Waals surface area contributed by atoms with Gasteiger partial charge in [0.15, 0.2) is 0 Å². The van der Waals surface area contributed by atoms with Gasteiger partial charge in [0.1, 0.15) is 0 Å². The van der Waals surface area contributed by atoms with Crippen molar-refractivity contribution in [2.24, 2.45) is 0 Å². The molecular formula is C23H32ClNO4. The van der Waals surface area contributed by atoms with Gasteiger partial charge in [-0.15, -0.1) is 0 Å². The maximum Gasteiger partial charge on any atom is 0.305 e. The third kappa shape index (κ3) is 8.58. The molecule has 1 heterocycles. The zero-order valence-electron chi connectivity index (χ0n) is 17.2. The molecule has 6 heteroatoms. The monoisotopic (exact) mass is 421 g/mol. The Morgan fingerprint density at radius 2 is 2.14 bits per heavy atom. The number of aliphatic hydroxyl groups excluding tert-OH is 1. The van der Waals surface area contributed by atoms with E-state index in [1.54, 1.807) is 6.08 Å². The Morgan fingerprint density at radius 3 is 2.90 bits per heavy atom. The molecule has 29 heavy (non-hydrogen) atoms. The molecule has 1 N–H and O–H groups in total. The minimum atomic E-state index is -0.603. The average Bonchev–Trinajstić information content (AvgIpc) is 3.03. The first kappa shape index (κ1) is 23.4. The zero-order valence-corrected chi connectivity index (χ0v) is 17.9. The predicted octanol–water partition coefficient (Wildman–Crippen LogP) is 4.30. The van der Waals surface area contributed by atoms with Crippen molar-refractivity contribution >= 4 is 23.5 Å². The fourth-order valence-electron chi connectivity index (χ4n) is 3.61. The second kappa shape index (κ2) is 12.7. The van der Waals surface area contributed by atoms with Crippen molar-refractivity contribution in [1.29, 1.82) is 0 Å². The average molecular weight is 422 g/mol. The molecule has 0 unspecified atom stereocenters. The van der Waals surface area contributed by atoms with E-state index in [-0.39, 0.29) is 17.9 Å². The van der Waals surface area contributed by atoms with Crippen LogP contribution in [0.2, 0.25) is 5.02 Å². The number of unbranched alkanes of at least 4 members (excludes halogenated alkanes) is 3. The van der Waals surface area contributed by atoms with Crippen LogP contribution in [0.3, 0.4) is 0 Å². The lowest BCUT2D eigenvalue weighted by Gasteiger charge is -2.22. The summed E-state index contributed by atoms with van der Waals surface area (Å²) in [5, 5.41) is 11.0. The van der Waals surface area contributed by atoms with Gasteiger partial charge in [-0.25, -0.2) is 0 Å². The number of rotatable bonds is 12. The largest absolute Gasteiger partial charge is 0.466 e. The molecule has 5 nitrogen and oxygen atoms in total. The van der Waals surface area contributed by atoms with Gasteiger partial charge < -0.3 is 14.7 Å². The number of carbonyl (C=O) groups is 2. The molecule has 1 aliphatic heterocycles. The minimum Gasteiger partial charge on any atom is -0.466 e. The normalized spacial score (nSPS) is 17.8. The summed E-state index contributed by atoms with van der Waals surface area (Å²) in [6.07, 6.45) is 9.15. The number of ether oxygens (including phenoxy) is 1. The molecule has 2 atom stereocenters. The topological polar surface area (TPSA) is 66.8 Å². The smallest absolute Gasteiger partial charge is 0.305 e. The molecule has 1 amide bonds. The van der Waals surface area contributed by atoms with E-state index < -0.39 is 6.10 Å². The van der Waals surface area contributed by atoms with Gasteiger partial charge in [-0.1, -0.05) is 48.7 Å². The van der Waals surface area contributed by atoms with Crippen LogP contribution in [0.4, 0.5) is 0 Å². The van der Waals surface area contributed by atoms with Crippen LogP contribution in [0, 0.1) is 0 Å². The lowest BCUT2D eigenvalue weighted by atomic mass is 10.1. The van der Waals surface area contributed by atoms with Gasteiger partial charge in [0, 0.05) is 30.8 Å². The van der Waals surface area contributed by atoms with Gasteiger partial charge >= 0.3 is 5.97 Å². The molecule has 0 bridgehead atoms. The number of amides is 1. The minimum absolute atomic E-state index is 0.0519. The summed E-state index contributed by atoms with van der Waals surface area (Å²) in [5.41, 5.74) is 0.983. The highest BCUT2D eigenvalue weighted by molar-refractivity contribution is 6.30. The van der Waals surface area contributed by atoms with Crippen LogP contribution in [0.25, 0.3) is 0 Å². The van der Waals surface area contributed by atoms with Gasteiger partial charge in [0.05, 0.1) is 18.8 Å². The molecular weight excluding hydrogens is 390 g/mol.